The van der Waals surface area contributed by atoms with Crippen molar-refractivity contribution in [2.24, 2.45) is 5.41 Å². The van der Waals surface area contributed by atoms with E-state index in [2.05, 4.69) is 0 Å². The quantitative estimate of drug-likeness (QED) is 0.697. The second-order valence-corrected chi connectivity index (χ2v) is 5.94. The van der Waals surface area contributed by atoms with Crippen LogP contribution < -0.4 is 0 Å². The topological polar surface area (TPSA) is 91.7 Å². The maximum Gasteiger partial charge on any atom is 0.331 e. The molecule has 0 saturated heterocycles. The molecule has 5 nitrogen and oxygen atoms in total. The van der Waals surface area contributed by atoms with Crippen molar-refractivity contribution < 1.29 is 22.9 Å². The van der Waals surface area contributed by atoms with Crippen LogP contribution >= 0.6 is 0 Å². The first-order chi connectivity index (χ1) is 6.58. The first kappa shape index (κ1) is 12.2. The Bertz CT molecular complexity index is 429. The van der Waals surface area contributed by atoms with Gasteiger partial charge in [0.25, 0.3) is 10.1 Å². The van der Waals surface area contributed by atoms with Gasteiger partial charge in [-0.25, -0.2) is 4.79 Å². The van der Waals surface area contributed by atoms with Crippen LogP contribution in [-0.4, -0.2) is 29.3 Å². The van der Waals surface area contributed by atoms with E-state index in [4.69, 9.17) is 9.66 Å². The second-order valence-electron chi connectivity index (χ2n) is 4.34. The summed E-state index contributed by atoms with van der Waals surface area (Å²) in [7, 11) is -4.21. The fraction of sp³-hybridized carbons (Fsp3) is 0.667. The van der Waals surface area contributed by atoms with Crippen molar-refractivity contribution >= 4 is 16.1 Å². The number of carboxylic acid groups (broad SMARTS) is 1. The van der Waals surface area contributed by atoms with Gasteiger partial charge in [-0.1, -0.05) is 19.4 Å². The molecular formula is C9H14O5S. The lowest BCUT2D eigenvalue weighted by Crippen LogP contribution is -2.33. The average molecular weight is 234 g/mol. The number of hydrogen-bond acceptors (Lipinski definition) is 3. The zero-order valence-electron chi connectivity index (χ0n) is 8.81. The molecule has 1 unspecified atom stereocenters. The number of aliphatic carboxylic acids is 1. The molecule has 0 aromatic carbocycles. The van der Waals surface area contributed by atoms with Gasteiger partial charge in [0, 0.05) is 11.0 Å². The minimum atomic E-state index is -4.21. The summed E-state index contributed by atoms with van der Waals surface area (Å²) in [5.41, 5.74) is -0.235. The smallest absolute Gasteiger partial charge is 0.331 e. The van der Waals surface area contributed by atoms with Gasteiger partial charge < -0.3 is 5.11 Å². The predicted molar refractivity (Wildman–Crippen MR) is 54.1 cm³/mol. The molecule has 0 radical (unpaired) electrons. The van der Waals surface area contributed by atoms with E-state index in [1.807, 2.05) is 0 Å². The lowest BCUT2D eigenvalue weighted by atomic mass is 9.86. The second kappa shape index (κ2) is 3.31. The van der Waals surface area contributed by atoms with Crippen LogP contribution in [0.2, 0.25) is 0 Å². The Morgan fingerprint density at radius 1 is 1.47 bits per heavy atom. The van der Waals surface area contributed by atoms with E-state index >= 15 is 0 Å². The molecule has 1 aliphatic rings. The lowest BCUT2D eigenvalue weighted by Gasteiger charge is -2.26. The van der Waals surface area contributed by atoms with Crippen LogP contribution in [0.4, 0.5) is 0 Å². The molecule has 0 aromatic heterocycles. The monoisotopic (exact) mass is 234 g/mol. The third kappa shape index (κ3) is 1.91. The number of hydrogen-bond donors (Lipinski definition) is 2. The fourth-order valence-corrected chi connectivity index (χ4v) is 3.25. The normalized spacial score (nSPS) is 25.7. The Balaban J connectivity index is 3.25. The number of carboxylic acids is 1. The van der Waals surface area contributed by atoms with Crippen LogP contribution in [-0.2, 0) is 14.9 Å². The molecule has 0 fully saturated rings. The third-order valence-electron chi connectivity index (χ3n) is 3.23. The SMILES string of the molecule is CC1=C(C(=O)O)CC(S(=O)(=O)O)C1(C)C. The van der Waals surface area contributed by atoms with Crippen molar-refractivity contribution in [1.82, 2.24) is 0 Å². The van der Waals surface area contributed by atoms with Crippen LogP contribution in [0.15, 0.2) is 11.1 Å². The molecule has 1 rings (SSSR count). The molecule has 1 atom stereocenters. The average Bonchev–Trinajstić information content (AvgIpc) is 2.22. The van der Waals surface area contributed by atoms with Gasteiger partial charge in [0.2, 0.25) is 0 Å². The summed E-state index contributed by atoms with van der Waals surface area (Å²) < 4.78 is 31.2. The largest absolute Gasteiger partial charge is 0.478 e. The molecular weight excluding hydrogens is 220 g/mol. The molecule has 0 aromatic rings. The van der Waals surface area contributed by atoms with Gasteiger partial charge in [-0.15, -0.1) is 0 Å². The first-order valence-electron chi connectivity index (χ1n) is 4.48. The highest BCUT2D eigenvalue weighted by atomic mass is 32.2. The summed E-state index contributed by atoms with van der Waals surface area (Å²) in [6, 6.07) is 0. The zero-order valence-corrected chi connectivity index (χ0v) is 9.63. The first-order valence-corrected chi connectivity index (χ1v) is 5.98. The molecule has 0 heterocycles. The zero-order chi connectivity index (χ0) is 12.0. The Morgan fingerprint density at radius 2 is 1.93 bits per heavy atom. The van der Waals surface area contributed by atoms with E-state index in [1.165, 1.54) is 0 Å². The predicted octanol–water partition coefficient (Wildman–Crippen LogP) is 1.07. The highest BCUT2D eigenvalue weighted by Crippen LogP contribution is 2.45. The van der Waals surface area contributed by atoms with Gasteiger partial charge >= 0.3 is 5.97 Å². The molecule has 0 aliphatic heterocycles. The van der Waals surface area contributed by atoms with Gasteiger partial charge in [-0.2, -0.15) is 8.42 Å². The molecule has 86 valence electrons. The van der Waals surface area contributed by atoms with Crippen LogP contribution in [0.1, 0.15) is 27.2 Å². The van der Waals surface area contributed by atoms with Crippen LogP contribution in [0.3, 0.4) is 0 Å². The van der Waals surface area contributed by atoms with Gasteiger partial charge in [-0.05, 0) is 13.3 Å². The minimum absolute atomic E-state index is 0.0858. The highest BCUT2D eigenvalue weighted by Gasteiger charge is 2.47. The Morgan fingerprint density at radius 3 is 2.13 bits per heavy atom. The molecule has 0 saturated carbocycles. The lowest BCUT2D eigenvalue weighted by molar-refractivity contribution is -0.132. The van der Waals surface area contributed by atoms with Crippen LogP contribution in [0, 0.1) is 5.41 Å². The Hall–Kier alpha value is -0.880. The van der Waals surface area contributed by atoms with Crippen LogP contribution in [0.25, 0.3) is 0 Å². The molecule has 0 spiro atoms. The van der Waals surface area contributed by atoms with Gasteiger partial charge in [-0.3, -0.25) is 4.55 Å². The van der Waals surface area contributed by atoms with E-state index in [-0.39, 0.29) is 12.0 Å². The standard InChI is InChI=1S/C9H14O5S/c1-5-6(8(10)11)4-7(9(5,2)3)15(12,13)14/h7H,4H2,1-3H3,(H,10,11)(H,12,13,14). The Labute approximate surface area is 88.5 Å². The van der Waals surface area contributed by atoms with Gasteiger partial charge in [0.05, 0.1) is 5.25 Å². The van der Waals surface area contributed by atoms with Crippen molar-refractivity contribution in [3.63, 3.8) is 0 Å². The number of rotatable bonds is 2. The van der Waals surface area contributed by atoms with Gasteiger partial charge in [0.15, 0.2) is 0 Å². The molecule has 0 amide bonds. The van der Waals surface area contributed by atoms with E-state index in [9.17, 15) is 13.2 Å². The van der Waals surface area contributed by atoms with E-state index in [0.717, 1.165) is 0 Å². The summed E-state index contributed by atoms with van der Waals surface area (Å²) in [6.07, 6.45) is -0.132. The van der Waals surface area contributed by atoms with Crippen molar-refractivity contribution in [2.45, 2.75) is 32.4 Å². The fourth-order valence-electron chi connectivity index (χ4n) is 1.95. The minimum Gasteiger partial charge on any atom is -0.478 e. The van der Waals surface area contributed by atoms with E-state index < -0.39 is 26.8 Å². The summed E-state index contributed by atoms with van der Waals surface area (Å²) in [4.78, 5) is 10.8. The van der Waals surface area contributed by atoms with Crippen molar-refractivity contribution in [1.29, 1.82) is 0 Å². The van der Waals surface area contributed by atoms with Gasteiger partial charge in [0.1, 0.15) is 0 Å². The third-order valence-corrected chi connectivity index (χ3v) is 4.71. The maximum absolute atomic E-state index is 11.1. The summed E-state index contributed by atoms with van der Waals surface area (Å²) in [5.74, 6) is -1.12. The molecule has 6 heteroatoms. The van der Waals surface area contributed by atoms with E-state index in [0.29, 0.717) is 5.57 Å². The van der Waals surface area contributed by atoms with Crippen LogP contribution in [0.5, 0.6) is 0 Å². The summed E-state index contributed by atoms with van der Waals surface area (Å²) in [5, 5.41) is 7.81. The molecule has 1 aliphatic carbocycles. The van der Waals surface area contributed by atoms with Crippen molar-refractivity contribution in [2.75, 3.05) is 0 Å². The van der Waals surface area contributed by atoms with E-state index in [1.54, 1.807) is 20.8 Å². The summed E-state index contributed by atoms with van der Waals surface area (Å²) in [6.45, 7) is 4.84. The Kier molecular flexibility index (Phi) is 2.69. The maximum atomic E-state index is 11.1. The molecule has 15 heavy (non-hydrogen) atoms. The van der Waals surface area contributed by atoms with Crippen molar-refractivity contribution in [3.05, 3.63) is 11.1 Å². The number of allylic oxidation sites excluding steroid dienone is 1. The number of carbonyl (C=O) groups is 1. The molecule has 2 N–H and O–H groups in total. The molecule has 0 bridgehead atoms. The highest BCUT2D eigenvalue weighted by molar-refractivity contribution is 7.86. The summed E-state index contributed by atoms with van der Waals surface area (Å²) >= 11 is 0. The van der Waals surface area contributed by atoms with Crippen molar-refractivity contribution in [3.8, 4) is 0 Å².